The highest BCUT2D eigenvalue weighted by molar-refractivity contribution is 5.78. The van der Waals surface area contributed by atoms with Crippen molar-refractivity contribution in [3.8, 4) is 5.75 Å². The number of fused-ring (bicyclic) bond motifs is 1. The van der Waals surface area contributed by atoms with Crippen LogP contribution in [0.5, 0.6) is 5.75 Å². The first-order chi connectivity index (χ1) is 10.0. The molecule has 5 nitrogen and oxygen atoms in total. The van der Waals surface area contributed by atoms with Crippen molar-refractivity contribution in [1.29, 1.82) is 0 Å². The van der Waals surface area contributed by atoms with E-state index in [1.807, 2.05) is 6.92 Å². The molecule has 2 aliphatic rings. The molecule has 2 atom stereocenters. The number of aryl methyl sites for hydroxylation is 1. The highest BCUT2D eigenvalue weighted by atomic mass is 16.5. The second-order valence-corrected chi connectivity index (χ2v) is 6.32. The smallest absolute Gasteiger partial charge is 0.313 e. The monoisotopic (exact) mass is 290 g/mol. The number of methoxy groups -OCH3 is 1. The SMILES string of the molecule is COC(=O)[C@]12CCC[C@H]1CN(Cc1nc(C)ccc1O)C2. The topological polar surface area (TPSA) is 62.7 Å². The Balaban J connectivity index is 1.78. The van der Waals surface area contributed by atoms with Crippen molar-refractivity contribution < 1.29 is 14.6 Å². The number of aromatic nitrogens is 1. The highest BCUT2D eigenvalue weighted by Crippen LogP contribution is 2.49. The maximum Gasteiger partial charge on any atom is 0.313 e. The van der Waals surface area contributed by atoms with Crippen molar-refractivity contribution in [3.63, 3.8) is 0 Å². The Morgan fingerprint density at radius 2 is 2.38 bits per heavy atom. The summed E-state index contributed by atoms with van der Waals surface area (Å²) in [6.07, 6.45) is 3.09. The first-order valence-corrected chi connectivity index (χ1v) is 7.51. The number of esters is 1. The summed E-state index contributed by atoms with van der Waals surface area (Å²) in [5.74, 6) is 0.524. The lowest BCUT2D eigenvalue weighted by Crippen LogP contribution is -2.36. The van der Waals surface area contributed by atoms with Gasteiger partial charge in [0.05, 0.1) is 18.2 Å². The highest BCUT2D eigenvalue weighted by Gasteiger charge is 2.55. The number of carbonyl (C=O) groups is 1. The Morgan fingerprint density at radius 1 is 1.57 bits per heavy atom. The molecule has 0 bridgehead atoms. The molecule has 1 aliphatic heterocycles. The molecule has 2 fully saturated rings. The quantitative estimate of drug-likeness (QED) is 0.861. The molecular weight excluding hydrogens is 268 g/mol. The molecule has 1 saturated carbocycles. The number of nitrogens with zero attached hydrogens (tertiary/aromatic N) is 2. The van der Waals surface area contributed by atoms with Crippen LogP contribution in [-0.4, -0.2) is 41.2 Å². The minimum Gasteiger partial charge on any atom is -0.506 e. The number of rotatable bonds is 3. The van der Waals surface area contributed by atoms with Crippen molar-refractivity contribution in [2.24, 2.45) is 11.3 Å². The number of ether oxygens (including phenoxy) is 1. The fraction of sp³-hybridized carbons (Fsp3) is 0.625. The third-order valence-electron chi connectivity index (χ3n) is 5.00. The Labute approximate surface area is 124 Å². The van der Waals surface area contributed by atoms with E-state index >= 15 is 0 Å². The van der Waals surface area contributed by atoms with Crippen LogP contribution in [0.25, 0.3) is 0 Å². The summed E-state index contributed by atoms with van der Waals surface area (Å²) in [7, 11) is 1.48. The predicted molar refractivity (Wildman–Crippen MR) is 77.7 cm³/mol. The minimum absolute atomic E-state index is 0.0751. The fourth-order valence-corrected chi connectivity index (χ4v) is 3.98. The van der Waals surface area contributed by atoms with Crippen LogP contribution in [0, 0.1) is 18.3 Å². The van der Waals surface area contributed by atoms with Gasteiger partial charge in [0.2, 0.25) is 0 Å². The number of hydrogen-bond donors (Lipinski definition) is 1. The van der Waals surface area contributed by atoms with Crippen molar-refractivity contribution in [3.05, 3.63) is 23.5 Å². The van der Waals surface area contributed by atoms with E-state index in [0.29, 0.717) is 24.7 Å². The molecule has 5 heteroatoms. The van der Waals surface area contributed by atoms with Crippen LogP contribution in [-0.2, 0) is 16.1 Å². The van der Waals surface area contributed by atoms with Crippen LogP contribution in [0.1, 0.15) is 30.7 Å². The van der Waals surface area contributed by atoms with Crippen LogP contribution >= 0.6 is 0 Å². The Morgan fingerprint density at radius 3 is 3.14 bits per heavy atom. The second-order valence-electron chi connectivity index (χ2n) is 6.32. The molecule has 3 rings (SSSR count). The van der Waals surface area contributed by atoms with Gasteiger partial charge in [-0.1, -0.05) is 6.42 Å². The summed E-state index contributed by atoms with van der Waals surface area (Å²) in [5, 5.41) is 9.94. The maximum atomic E-state index is 12.2. The third-order valence-corrected chi connectivity index (χ3v) is 5.00. The lowest BCUT2D eigenvalue weighted by Gasteiger charge is -2.25. The van der Waals surface area contributed by atoms with Gasteiger partial charge < -0.3 is 9.84 Å². The molecule has 2 heterocycles. The number of pyridine rings is 1. The zero-order valence-corrected chi connectivity index (χ0v) is 12.6. The van der Waals surface area contributed by atoms with E-state index in [9.17, 15) is 9.90 Å². The van der Waals surface area contributed by atoms with Crippen LogP contribution < -0.4 is 0 Å². The van der Waals surface area contributed by atoms with E-state index in [2.05, 4.69) is 9.88 Å². The van der Waals surface area contributed by atoms with Gasteiger partial charge in [-0.05, 0) is 37.8 Å². The van der Waals surface area contributed by atoms with E-state index < -0.39 is 0 Å². The number of likely N-dealkylation sites (tertiary alicyclic amines) is 1. The molecule has 1 aromatic rings. The van der Waals surface area contributed by atoms with Crippen LogP contribution in [0.4, 0.5) is 0 Å². The van der Waals surface area contributed by atoms with E-state index in [1.54, 1.807) is 12.1 Å². The standard InChI is InChI=1S/C16H22N2O3/c1-11-5-6-14(19)13(17-11)9-18-8-12-4-3-7-16(12,10-18)15(20)21-2/h5-6,12,19H,3-4,7-10H2,1-2H3/t12-,16-/m0/s1. The Hall–Kier alpha value is -1.62. The van der Waals surface area contributed by atoms with Gasteiger partial charge in [-0.3, -0.25) is 14.7 Å². The molecule has 0 aromatic carbocycles. The van der Waals surface area contributed by atoms with Gasteiger partial charge in [-0.2, -0.15) is 0 Å². The van der Waals surface area contributed by atoms with Gasteiger partial charge in [-0.25, -0.2) is 0 Å². The van der Waals surface area contributed by atoms with E-state index in [1.165, 1.54) is 7.11 Å². The van der Waals surface area contributed by atoms with Gasteiger partial charge in [0.25, 0.3) is 0 Å². The van der Waals surface area contributed by atoms with Gasteiger partial charge >= 0.3 is 5.97 Å². The van der Waals surface area contributed by atoms with Crippen LogP contribution in [0.3, 0.4) is 0 Å². The van der Waals surface area contributed by atoms with Gasteiger partial charge in [0, 0.05) is 25.3 Å². The molecule has 0 amide bonds. The van der Waals surface area contributed by atoms with Gasteiger partial charge in [0.1, 0.15) is 5.75 Å². The van der Waals surface area contributed by atoms with E-state index in [-0.39, 0.29) is 17.1 Å². The zero-order chi connectivity index (χ0) is 15.0. The lowest BCUT2D eigenvalue weighted by atomic mass is 9.81. The van der Waals surface area contributed by atoms with Crippen LogP contribution in [0.15, 0.2) is 12.1 Å². The molecule has 0 unspecified atom stereocenters. The Bertz CT molecular complexity index is 560. The van der Waals surface area contributed by atoms with Crippen LogP contribution in [0.2, 0.25) is 0 Å². The van der Waals surface area contributed by atoms with E-state index in [4.69, 9.17) is 4.74 Å². The van der Waals surface area contributed by atoms with Crippen molar-refractivity contribution in [2.45, 2.75) is 32.7 Å². The molecule has 114 valence electrons. The van der Waals surface area contributed by atoms with E-state index in [0.717, 1.165) is 31.5 Å². The first-order valence-electron chi connectivity index (χ1n) is 7.51. The average molecular weight is 290 g/mol. The largest absolute Gasteiger partial charge is 0.506 e. The van der Waals surface area contributed by atoms with Gasteiger partial charge in [-0.15, -0.1) is 0 Å². The summed E-state index contributed by atoms with van der Waals surface area (Å²) >= 11 is 0. The molecule has 21 heavy (non-hydrogen) atoms. The van der Waals surface area contributed by atoms with Crippen molar-refractivity contribution in [1.82, 2.24) is 9.88 Å². The maximum absolute atomic E-state index is 12.2. The van der Waals surface area contributed by atoms with Gasteiger partial charge in [0.15, 0.2) is 0 Å². The van der Waals surface area contributed by atoms with Crippen molar-refractivity contribution in [2.75, 3.05) is 20.2 Å². The molecule has 0 radical (unpaired) electrons. The average Bonchev–Trinajstić information content (AvgIpc) is 2.99. The second kappa shape index (κ2) is 5.30. The fourth-order valence-electron chi connectivity index (χ4n) is 3.98. The molecule has 1 saturated heterocycles. The number of hydrogen-bond acceptors (Lipinski definition) is 5. The molecule has 0 spiro atoms. The number of aromatic hydroxyl groups is 1. The molecule has 1 aliphatic carbocycles. The third kappa shape index (κ3) is 2.39. The minimum atomic E-state index is -0.339. The normalized spacial score (nSPS) is 28.6. The molecule has 1 aromatic heterocycles. The number of carbonyl (C=O) groups excluding carboxylic acids is 1. The summed E-state index contributed by atoms with van der Waals surface area (Å²) in [6.45, 7) is 4.09. The summed E-state index contributed by atoms with van der Waals surface area (Å²) < 4.78 is 5.05. The van der Waals surface area contributed by atoms with Crippen molar-refractivity contribution >= 4 is 5.97 Å². The zero-order valence-electron chi connectivity index (χ0n) is 12.6. The molecular formula is C16H22N2O3. The molecule has 1 N–H and O–H groups in total. The Kier molecular flexibility index (Phi) is 3.61. The summed E-state index contributed by atoms with van der Waals surface area (Å²) in [6, 6.07) is 3.48. The summed E-state index contributed by atoms with van der Waals surface area (Å²) in [5.41, 5.74) is 1.24. The first kappa shape index (κ1) is 14.3. The predicted octanol–water partition coefficient (Wildman–Crippen LogP) is 1.87. The summed E-state index contributed by atoms with van der Waals surface area (Å²) in [4.78, 5) is 18.9. The lowest BCUT2D eigenvalue weighted by molar-refractivity contribution is -0.153.